The van der Waals surface area contributed by atoms with Gasteiger partial charge in [0, 0.05) is 36.7 Å². The number of amides is 1. The number of fused-ring (bicyclic) bond motifs is 4. The van der Waals surface area contributed by atoms with Gasteiger partial charge in [-0.15, -0.1) is 11.3 Å². The van der Waals surface area contributed by atoms with Gasteiger partial charge >= 0.3 is 4.87 Å². The minimum atomic E-state index is -0.0679. The van der Waals surface area contributed by atoms with Gasteiger partial charge in [-0.3, -0.25) is 9.59 Å². The van der Waals surface area contributed by atoms with Crippen molar-refractivity contribution in [3.63, 3.8) is 0 Å². The fourth-order valence-corrected chi connectivity index (χ4v) is 6.50. The van der Waals surface area contributed by atoms with Crippen LogP contribution in [-0.2, 0) is 17.6 Å². The molecule has 172 valence electrons. The number of carbonyl (C=O) groups is 1. The second kappa shape index (κ2) is 9.20. The number of benzene rings is 1. The van der Waals surface area contributed by atoms with Gasteiger partial charge in [-0.25, -0.2) is 9.97 Å². The maximum Gasteiger partial charge on any atom is 0.305 e. The number of thiazole rings is 1. The average Bonchev–Trinajstić information content (AvgIpc) is 3.37. The largest absolute Gasteiger partial charge is 0.396 e. The molecule has 0 bridgehead atoms. The van der Waals surface area contributed by atoms with Crippen LogP contribution in [0.25, 0.3) is 20.4 Å². The van der Waals surface area contributed by atoms with Gasteiger partial charge in [0.15, 0.2) is 0 Å². The zero-order valence-electron chi connectivity index (χ0n) is 18.3. The van der Waals surface area contributed by atoms with Crippen LogP contribution in [0.4, 0.5) is 11.5 Å². The van der Waals surface area contributed by atoms with E-state index in [-0.39, 0.29) is 23.3 Å². The third-order valence-electron chi connectivity index (χ3n) is 6.16. The Hall–Kier alpha value is -2.82. The van der Waals surface area contributed by atoms with Crippen LogP contribution in [-0.4, -0.2) is 51.1 Å². The topological polar surface area (TPSA) is 111 Å². The number of rotatable bonds is 7. The number of unbranched alkanes of at least 4 members (excludes halogenated alkanes) is 1. The van der Waals surface area contributed by atoms with Crippen LogP contribution in [0, 0.1) is 5.92 Å². The molecule has 5 rings (SSSR count). The number of aliphatic hydroxyl groups excluding tert-OH is 1. The van der Waals surface area contributed by atoms with E-state index in [2.05, 4.69) is 20.3 Å². The fourth-order valence-electron chi connectivity index (χ4n) is 4.46. The summed E-state index contributed by atoms with van der Waals surface area (Å²) in [7, 11) is 1.85. The molecular weight excluding hydrogens is 458 g/mol. The van der Waals surface area contributed by atoms with Crippen molar-refractivity contribution in [3.8, 4) is 0 Å². The van der Waals surface area contributed by atoms with Gasteiger partial charge in [0.05, 0.1) is 15.6 Å². The Morgan fingerprint density at radius 3 is 3.03 bits per heavy atom. The molecule has 1 amide bonds. The number of nitrogens with one attached hydrogen (secondary N) is 2. The quantitative estimate of drug-likeness (QED) is 0.346. The van der Waals surface area contributed by atoms with E-state index in [9.17, 15) is 9.59 Å². The Morgan fingerprint density at radius 2 is 2.18 bits per heavy atom. The number of aliphatic hydroxyl groups is 1. The summed E-state index contributed by atoms with van der Waals surface area (Å²) in [6, 6.07) is 5.77. The molecule has 8 nitrogen and oxygen atoms in total. The summed E-state index contributed by atoms with van der Waals surface area (Å²) in [4.78, 5) is 40.3. The summed E-state index contributed by atoms with van der Waals surface area (Å²) in [5.41, 5.74) is 2.93. The molecule has 1 aliphatic rings. The number of carbonyl (C=O) groups excluding carboxylic acids is 1. The van der Waals surface area contributed by atoms with Gasteiger partial charge in [-0.05, 0) is 55.9 Å². The first kappa shape index (κ1) is 22.0. The minimum Gasteiger partial charge on any atom is -0.396 e. The summed E-state index contributed by atoms with van der Waals surface area (Å²) in [6.07, 6.45) is 5.44. The van der Waals surface area contributed by atoms with Gasteiger partial charge in [0.25, 0.3) is 0 Å². The van der Waals surface area contributed by atoms with Gasteiger partial charge in [-0.1, -0.05) is 11.3 Å². The zero-order valence-corrected chi connectivity index (χ0v) is 19.9. The standard InChI is InChI=1S/C23H25N5O3S2/c1-28(8-2-3-9-29)22(30)13-4-6-15-17(10-13)32-21-19(15)20(24-12-25-21)26-14-5-7-16-18(11-14)33-23(31)27-16/h5,7,11-13,29H,2-4,6,8-10H2,1H3,(H,27,31)(H,24,25,26). The van der Waals surface area contributed by atoms with Crippen LogP contribution < -0.4 is 10.2 Å². The molecule has 10 heteroatoms. The molecule has 0 fully saturated rings. The van der Waals surface area contributed by atoms with E-state index in [0.29, 0.717) is 13.0 Å². The van der Waals surface area contributed by atoms with E-state index in [1.165, 1.54) is 21.8 Å². The molecule has 1 atom stereocenters. The molecule has 33 heavy (non-hydrogen) atoms. The summed E-state index contributed by atoms with van der Waals surface area (Å²) < 4.78 is 0.895. The van der Waals surface area contributed by atoms with Crippen LogP contribution in [0.1, 0.15) is 29.7 Å². The predicted molar refractivity (Wildman–Crippen MR) is 133 cm³/mol. The van der Waals surface area contributed by atoms with Gasteiger partial charge < -0.3 is 20.3 Å². The number of hydrogen-bond donors (Lipinski definition) is 3. The lowest BCUT2D eigenvalue weighted by atomic mass is 9.87. The zero-order chi connectivity index (χ0) is 22.9. The van der Waals surface area contributed by atoms with Gasteiger partial charge in [-0.2, -0.15) is 0 Å². The maximum atomic E-state index is 12.9. The number of thiophene rings is 1. The Kier molecular flexibility index (Phi) is 6.13. The molecule has 4 aromatic rings. The van der Waals surface area contributed by atoms with Crippen LogP contribution in [0.3, 0.4) is 0 Å². The Morgan fingerprint density at radius 1 is 1.30 bits per heavy atom. The molecule has 0 spiro atoms. The van der Waals surface area contributed by atoms with Gasteiger partial charge in [0.1, 0.15) is 17.0 Å². The highest BCUT2D eigenvalue weighted by molar-refractivity contribution is 7.19. The molecule has 0 aliphatic heterocycles. The van der Waals surface area contributed by atoms with Crippen LogP contribution in [0.15, 0.2) is 29.3 Å². The third kappa shape index (κ3) is 4.38. The van der Waals surface area contributed by atoms with E-state index in [1.807, 2.05) is 25.2 Å². The van der Waals surface area contributed by atoms with Crippen LogP contribution in [0.2, 0.25) is 0 Å². The van der Waals surface area contributed by atoms with E-state index in [1.54, 1.807) is 22.6 Å². The molecule has 0 saturated heterocycles. The Bertz CT molecular complexity index is 1380. The highest BCUT2D eigenvalue weighted by Crippen LogP contribution is 2.40. The molecule has 0 saturated carbocycles. The van der Waals surface area contributed by atoms with Crippen molar-refractivity contribution < 1.29 is 9.90 Å². The number of hydrogen-bond acceptors (Lipinski definition) is 8. The highest BCUT2D eigenvalue weighted by Gasteiger charge is 2.30. The number of aromatic nitrogens is 3. The van der Waals surface area contributed by atoms with Crippen molar-refractivity contribution in [1.82, 2.24) is 19.9 Å². The lowest BCUT2D eigenvalue weighted by Crippen LogP contribution is -2.36. The fraction of sp³-hybridized carbons (Fsp3) is 0.391. The van der Waals surface area contributed by atoms with Crippen molar-refractivity contribution in [2.75, 3.05) is 25.5 Å². The molecular formula is C23H25N5O3S2. The van der Waals surface area contributed by atoms with E-state index >= 15 is 0 Å². The molecule has 1 aromatic carbocycles. The summed E-state index contributed by atoms with van der Waals surface area (Å²) in [5.74, 6) is 0.915. The second-order valence-corrected chi connectivity index (χ2v) is 10.5. The second-order valence-electron chi connectivity index (χ2n) is 8.39. The Labute approximate surface area is 198 Å². The van der Waals surface area contributed by atoms with E-state index in [0.717, 1.165) is 57.6 Å². The van der Waals surface area contributed by atoms with Crippen molar-refractivity contribution in [1.29, 1.82) is 0 Å². The smallest absolute Gasteiger partial charge is 0.305 e. The lowest BCUT2D eigenvalue weighted by molar-refractivity contribution is -0.134. The first-order valence-corrected chi connectivity index (χ1v) is 12.7. The summed E-state index contributed by atoms with van der Waals surface area (Å²) in [6.45, 7) is 0.836. The summed E-state index contributed by atoms with van der Waals surface area (Å²) in [5, 5.41) is 13.4. The first-order valence-electron chi connectivity index (χ1n) is 11.0. The SMILES string of the molecule is CN(CCCCO)C(=O)C1CCc2c(sc3ncnc(Nc4ccc5[nH]c(=O)sc5c4)c23)C1. The minimum absolute atomic E-state index is 0.0205. The van der Waals surface area contributed by atoms with Gasteiger partial charge in [0.2, 0.25) is 5.91 Å². The maximum absolute atomic E-state index is 12.9. The molecule has 1 unspecified atom stereocenters. The van der Waals surface area contributed by atoms with Crippen molar-refractivity contribution in [2.45, 2.75) is 32.1 Å². The predicted octanol–water partition coefficient (Wildman–Crippen LogP) is 3.67. The van der Waals surface area contributed by atoms with E-state index in [4.69, 9.17) is 5.11 Å². The van der Waals surface area contributed by atoms with Crippen LogP contribution in [0.5, 0.6) is 0 Å². The monoisotopic (exact) mass is 483 g/mol. The average molecular weight is 484 g/mol. The lowest BCUT2D eigenvalue weighted by Gasteiger charge is -2.26. The van der Waals surface area contributed by atoms with E-state index < -0.39 is 0 Å². The highest BCUT2D eigenvalue weighted by atomic mass is 32.1. The number of anilines is 2. The Balaban J connectivity index is 1.39. The summed E-state index contributed by atoms with van der Waals surface area (Å²) >= 11 is 2.83. The number of H-pyrrole nitrogens is 1. The normalized spacial score (nSPS) is 15.6. The van der Waals surface area contributed by atoms with Crippen molar-refractivity contribution in [3.05, 3.63) is 44.6 Å². The molecule has 3 aromatic heterocycles. The first-order chi connectivity index (χ1) is 16.0. The number of aryl methyl sites for hydroxylation is 1. The molecule has 1 aliphatic carbocycles. The molecule has 3 heterocycles. The molecule has 0 radical (unpaired) electrons. The van der Waals surface area contributed by atoms with Crippen LogP contribution >= 0.6 is 22.7 Å². The third-order valence-corrected chi connectivity index (χ3v) is 8.16. The molecule has 3 N–H and O–H groups in total. The number of aromatic amines is 1. The van der Waals surface area contributed by atoms with Crippen molar-refractivity contribution >= 4 is 60.5 Å². The van der Waals surface area contributed by atoms with Crippen molar-refractivity contribution in [2.24, 2.45) is 5.92 Å². The number of nitrogens with zero attached hydrogens (tertiary/aromatic N) is 3.